The van der Waals surface area contributed by atoms with Crippen molar-refractivity contribution in [3.63, 3.8) is 0 Å². The summed E-state index contributed by atoms with van der Waals surface area (Å²) in [6.07, 6.45) is 1.90. The van der Waals surface area contributed by atoms with Crippen molar-refractivity contribution in [1.29, 1.82) is 0 Å². The van der Waals surface area contributed by atoms with Crippen LogP contribution in [0.15, 0.2) is 191 Å². The molecule has 0 fully saturated rings. The number of rotatable bonds is 4. The fourth-order valence-electron chi connectivity index (χ4n) is 8.61. The lowest BCUT2D eigenvalue weighted by Gasteiger charge is -2.11. The number of hydrogen-bond donors (Lipinski definition) is 0. The molecular weight excluding hydrogens is 685 g/mol. The second kappa shape index (κ2) is 12.0. The fourth-order valence-corrected chi connectivity index (χ4v) is 8.61. The number of fused-ring (bicyclic) bond motifs is 13. The van der Waals surface area contributed by atoms with E-state index in [1.165, 1.54) is 10.8 Å². The second-order valence-electron chi connectivity index (χ2n) is 14.5. The molecule has 0 aliphatic heterocycles. The average Bonchev–Trinajstić information content (AvgIpc) is 3.85. The molecule has 3 heterocycles. The van der Waals surface area contributed by atoms with Crippen LogP contribution in [0.25, 0.3) is 121 Å². The van der Waals surface area contributed by atoms with Gasteiger partial charge < -0.3 is 8.83 Å². The molecule has 0 spiro atoms. The van der Waals surface area contributed by atoms with Gasteiger partial charge in [-0.05, 0) is 62.9 Å². The van der Waals surface area contributed by atoms with Gasteiger partial charge in [-0.1, -0.05) is 152 Å². The molecule has 0 atom stereocenters. The van der Waals surface area contributed by atoms with Crippen molar-refractivity contribution < 1.29 is 8.83 Å². The van der Waals surface area contributed by atoms with Crippen molar-refractivity contribution in [1.82, 2.24) is 9.97 Å². The van der Waals surface area contributed by atoms with Crippen LogP contribution in [-0.4, -0.2) is 9.97 Å². The van der Waals surface area contributed by atoms with E-state index in [-0.39, 0.29) is 0 Å². The molecule has 0 amide bonds. The van der Waals surface area contributed by atoms with Gasteiger partial charge in [0.25, 0.3) is 0 Å². The maximum absolute atomic E-state index is 6.72. The lowest BCUT2D eigenvalue weighted by atomic mass is 9.96. The van der Waals surface area contributed by atoms with E-state index in [1.54, 1.807) is 0 Å². The van der Waals surface area contributed by atoms with E-state index in [0.717, 1.165) is 110 Å². The van der Waals surface area contributed by atoms with Crippen LogP contribution in [-0.2, 0) is 0 Å². The summed E-state index contributed by atoms with van der Waals surface area (Å²) in [5, 5.41) is 8.92. The van der Waals surface area contributed by atoms with Crippen molar-refractivity contribution in [2.45, 2.75) is 0 Å². The molecule has 56 heavy (non-hydrogen) atoms. The predicted octanol–water partition coefficient (Wildman–Crippen LogP) is 14.4. The molecule has 260 valence electrons. The van der Waals surface area contributed by atoms with Crippen molar-refractivity contribution in [2.75, 3.05) is 0 Å². The Hall–Kier alpha value is -7.56. The van der Waals surface area contributed by atoms with E-state index < -0.39 is 0 Å². The summed E-state index contributed by atoms with van der Waals surface area (Å²) in [4.78, 5) is 10.1. The number of nitrogens with zero attached hydrogens (tertiary/aromatic N) is 2. The molecule has 12 rings (SSSR count). The maximum atomic E-state index is 6.72. The van der Waals surface area contributed by atoms with Gasteiger partial charge in [0, 0.05) is 38.1 Å². The molecule has 0 aliphatic carbocycles. The maximum Gasteiger partial charge on any atom is 0.147 e. The Morgan fingerprint density at radius 3 is 1.64 bits per heavy atom. The van der Waals surface area contributed by atoms with Crippen LogP contribution in [0.3, 0.4) is 0 Å². The first-order valence-electron chi connectivity index (χ1n) is 18.9. The van der Waals surface area contributed by atoms with Gasteiger partial charge in [0.15, 0.2) is 0 Å². The van der Waals surface area contributed by atoms with Gasteiger partial charge in [-0.15, -0.1) is 0 Å². The van der Waals surface area contributed by atoms with Gasteiger partial charge >= 0.3 is 0 Å². The van der Waals surface area contributed by atoms with Gasteiger partial charge in [0.2, 0.25) is 0 Å². The lowest BCUT2D eigenvalue weighted by Crippen LogP contribution is -1.92. The van der Waals surface area contributed by atoms with E-state index in [1.807, 2.05) is 24.4 Å². The highest BCUT2D eigenvalue weighted by Gasteiger charge is 2.18. The number of para-hydroxylation sites is 2. The Morgan fingerprint density at radius 2 is 0.911 bits per heavy atom. The molecule has 0 unspecified atom stereocenters. The van der Waals surface area contributed by atoms with E-state index in [9.17, 15) is 0 Å². The van der Waals surface area contributed by atoms with Crippen LogP contribution in [0, 0.1) is 0 Å². The predicted molar refractivity (Wildman–Crippen MR) is 231 cm³/mol. The summed E-state index contributed by atoms with van der Waals surface area (Å²) in [5.74, 6) is 0. The third kappa shape index (κ3) is 4.66. The summed E-state index contributed by atoms with van der Waals surface area (Å²) in [7, 11) is 0. The van der Waals surface area contributed by atoms with Crippen LogP contribution < -0.4 is 0 Å². The SMILES string of the molecule is c1cc(-c2ccc(-c3cnc4c5ccccc5c5ccccc5c4n3)cc2)cc(-c2ccc(-c3cccc4c3oc3c4ccc4oc5ccccc5c43)cc2)c1. The standard InChI is InChI=1S/C52H30N2O2/c1-3-13-40-38(11-1)39-12-2-4-14-41(39)50-49(40)53-30-45(54-50)34-25-21-32(22-26-34)36-10-7-9-35(29-36)31-19-23-33(24-20-31)37-16-8-17-42-43-27-28-47-48(52(43)56-51(37)42)44-15-5-6-18-46(44)55-47/h1-30H. The quantitative estimate of drug-likeness (QED) is 0.170. The Bertz CT molecular complexity index is 3490. The summed E-state index contributed by atoms with van der Waals surface area (Å²) in [5.41, 5.74) is 14.0. The molecule has 0 saturated heterocycles. The highest BCUT2D eigenvalue weighted by Crippen LogP contribution is 2.42. The van der Waals surface area contributed by atoms with E-state index in [0.29, 0.717) is 0 Å². The van der Waals surface area contributed by atoms with Crippen LogP contribution >= 0.6 is 0 Å². The minimum Gasteiger partial charge on any atom is -0.456 e. The van der Waals surface area contributed by atoms with Crippen LogP contribution in [0.4, 0.5) is 0 Å². The third-order valence-corrected chi connectivity index (χ3v) is 11.3. The lowest BCUT2D eigenvalue weighted by molar-refractivity contribution is 0.663. The van der Waals surface area contributed by atoms with Gasteiger partial charge in [0.05, 0.1) is 28.3 Å². The number of furan rings is 2. The Balaban J connectivity index is 0.864. The smallest absolute Gasteiger partial charge is 0.147 e. The van der Waals surface area contributed by atoms with Crippen molar-refractivity contribution >= 4 is 76.5 Å². The molecule has 0 bridgehead atoms. The minimum atomic E-state index is 0.837. The van der Waals surface area contributed by atoms with Crippen molar-refractivity contribution in [3.05, 3.63) is 182 Å². The van der Waals surface area contributed by atoms with Crippen LogP contribution in [0.1, 0.15) is 0 Å². The average molecular weight is 715 g/mol. The normalized spacial score (nSPS) is 11.9. The molecule has 0 radical (unpaired) electrons. The zero-order valence-corrected chi connectivity index (χ0v) is 30.0. The molecule has 12 aromatic rings. The van der Waals surface area contributed by atoms with Crippen molar-refractivity contribution in [2.24, 2.45) is 0 Å². The monoisotopic (exact) mass is 714 g/mol. The van der Waals surface area contributed by atoms with Crippen molar-refractivity contribution in [3.8, 4) is 44.6 Å². The first-order valence-corrected chi connectivity index (χ1v) is 18.9. The van der Waals surface area contributed by atoms with E-state index in [4.69, 9.17) is 18.8 Å². The van der Waals surface area contributed by atoms with Gasteiger partial charge in [-0.25, -0.2) is 4.98 Å². The number of hydrogen-bond acceptors (Lipinski definition) is 4. The molecule has 0 N–H and O–H groups in total. The third-order valence-electron chi connectivity index (χ3n) is 11.3. The topological polar surface area (TPSA) is 52.1 Å². The van der Waals surface area contributed by atoms with E-state index >= 15 is 0 Å². The van der Waals surface area contributed by atoms with Crippen LogP contribution in [0.5, 0.6) is 0 Å². The van der Waals surface area contributed by atoms with Gasteiger partial charge in [-0.2, -0.15) is 0 Å². The van der Waals surface area contributed by atoms with Gasteiger partial charge in [0.1, 0.15) is 22.3 Å². The fraction of sp³-hybridized carbons (Fsp3) is 0. The number of aromatic nitrogens is 2. The molecule has 4 heteroatoms. The molecule has 9 aromatic carbocycles. The summed E-state index contributed by atoms with van der Waals surface area (Å²) >= 11 is 0. The highest BCUT2D eigenvalue weighted by atomic mass is 16.3. The Labute approximate surface area is 320 Å². The molecule has 4 nitrogen and oxygen atoms in total. The molecule has 3 aromatic heterocycles. The largest absolute Gasteiger partial charge is 0.456 e. The highest BCUT2D eigenvalue weighted by molar-refractivity contribution is 6.24. The summed E-state index contributed by atoms with van der Waals surface area (Å²) in [6, 6.07) is 61.8. The first-order chi connectivity index (χ1) is 27.7. The molecule has 0 aliphatic rings. The first kappa shape index (κ1) is 30.9. The Morgan fingerprint density at radius 1 is 0.339 bits per heavy atom. The summed E-state index contributed by atoms with van der Waals surface area (Å²) < 4.78 is 12.9. The van der Waals surface area contributed by atoms with Gasteiger partial charge in [-0.3, -0.25) is 4.98 Å². The molecular formula is C52H30N2O2. The second-order valence-corrected chi connectivity index (χ2v) is 14.5. The zero-order chi connectivity index (χ0) is 36.7. The minimum absolute atomic E-state index is 0.837. The van der Waals surface area contributed by atoms with Crippen LogP contribution in [0.2, 0.25) is 0 Å². The zero-order valence-electron chi connectivity index (χ0n) is 30.0. The van der Waals surface area contributed by atoms with E-state index in [2.05, 4.69) is 158 Å². The Kier molecular flexibility index (Phi) is 6.60. The number of benzene rings is 9. The molecule has 0 saturated carbocycles. The summed E-state index contributed by atoms with van der Waals surface area (Å²) in [6.45, 7) is 0.